The van der Waals surface area contributed by atoms with E-state index < -0.39 is 0 Å². The van der Waals surface area contributed by atoms with Gasteiger partial charge in [0.05, 0.1) is 28.1 Å². The van der Waals surface area contributed by atoms with Crippen molar-refractivity contribution < 1.29 is 4.42 Å². The molecule has 0 saturated carbocycles. The number of furan rings is 1. The van der Waals surface area contributed by atoms with Crippen molar-refractivity contribution in [3.05, 3.63) is 231 Å². The van der Waals surface area contributed by atoms with Crippen molar-refractivity contribution in [2.75, 3.05) is 4.90 Å². The van der Waals surface area contributed by atoms with Crippen molar-refractivity contribution in [2.24, 2.45) is 0 Å². The molecule has 0 saturated heterocycles. The van der Waals surface area contributed by atoms with Crippen LogP contribution < -0.4 is 4.90 Å². The highest BCUT2D eigenvalue weighted by atomic mass is 16.3. The molecule has 0 aliphatic carbocycles. The fourth-order valence-electron chi connectivity index (χ4n) is 9.59. The number of hydrogen-bond acceptors (Lipinski definition) is 2. The maximum absolute atomic E-state index is 6.75. The number of aromatic nitrogens is 1. The summed E-state index contributed by atoms with van der Waals surface area (Å²) in [6.45, 7) is 0. The van der Waals surface area contributed by atoms with Gasteiger partial charge < -0.3 is 13.9 Å². The molecule has 3 heteroatoms. The monoisotopic (exact) mass is 778 g/mol. The molecule has 0 aliphatic heterocycles. The topological polar surface area (TPSA) is 21.3 Å². The van der Waals surface area contributed by atoms with Crippen LogP contribution in [-0.4, -0.2) is 4.57 Å². The fourth-order valence-corrected chi connectivity index (χ4v) is 9.59. The summed E-state index contributed by atoms with van der Waals surface area (Å²) in [7, 11) is 0. The van der Waals surface area contributed by atoms with E-state index in [4.69, 9.17) is 4.42 Å². The van der Waals surface area contributed by atoms with Crippen LogP contribution >= 0.6 is 0 Å². The highest BCUT2D eigenvalue weighted by Gasteiger charge is 2.27. The summed E-state index contributed by atoms with van der Waals surface area (Å²) in [6.07, 6.45) is 0. The molecular formula is C58H38N2O. The minimum absolute atomic E-state index is 0.877. The van der Waals surface area contributed by atoms with Crippen molar-refractivity contribution in [3.63, 3.8) is 0 Å². The van der Waals surface area contributed by atoms with Gasteiger partial charge in [-0.3, -0.25) is 0 Å². The summed E-state index contributed by atoms with van der Waals surface area (Å²) in [5.41, 5.74) is 15.2. The third-order valence-corrected chi connectivity index (χ3v) is 12.2. The molecule has 10 aromatic carbocycles. The van der Waals surface area contributed by atoms with Crippen LogP contribution in [0, 0.1) is 0 Å². The quantitative estimate of drug-likeness (QED) is 0.161. The zero-order chi connectivity index (χ0) is 40.3. The van der Waals surface area contributed by atoms with E-state index >= 15 is 0 Å². The van der Waals surface area contributed by atoms with Crippen molar-refractivity contribution in [1.82, 2.24) is 4.57 Å². The molecule has 0 spiro atoms. The molecule has 0 unspecified atom stereocenters. The third-order valence-electron chi connectivity index (χ3n) is 12.2. The second kappa shape index (κ2) is 14.3. The molecule has 2 heterocycles. The van der Waals surface area contributed by atoms with Crippen LogP contribution in [0.5, 0.6) is 0 Å². The van der Waals surface area contributed by atoms with Gasteiger partial charge >= 0.3 is 0 Å². The van der Waals surface area contributed by atoms with E-state index in [0.717, 1.165) is 72.4 Å². The standard InChI is InChI=1S/C58H38N2O/c1-3-19-39(20-4-1)42-29-15-21-40-22-16-30-47(56(40)42)43-25-7-12-35-52(43)60(53-36-13-9-27-45(53)49-32-17-33-50-46-28-10-14-38-55(46)61-58(49)50)54-37-18-31-48-44-26-8-11-34-51(44)59(57(48)54)41-23-5-2-6-24-41/h1-38H. The van der Waals surface area contributed by atoms with Crippen LogP contribution in [0.15, 0.2) is 235 Å². The molecule has 12 aromatic rings. The molecule has 2 aromatic heterocycles. The average molecular weight is 779 g/mol. The Labute approximate surface area is 353 Å². The molecule has 0 bridgehead atoms. The van der Waals surface area contributed by atoms with E-state index in [9.17, 15) is 0 Å². The zero-order valence-corrected chi connectivity index (χ0v) is 33.2. The molecule has 286 valence electrons. The molecule has 0 radical (unpaired) electrons. The molecule has 0 amide bonds. The lowest BCUT2D eigenvalue weighted by Gasteiger charge is -2.31. The van der Waals surface area contributed by atoms with Crippen molar-refractivity contribution in [3.8, 4) is 39.1 Å². The fraction of sp³-hybridized carbons (Fsp3) is 0. The number of anilines is 3. The minimum Gasteiger partial charge on any atom is -0.455 e. The second-order valence-electron chi connectivity index (χ2n) is 15.6. The maximum Gasteiger partial charge on any atom is 0.143 e. The van der Waals surface area contributed by atoms with Gasteiger partial charge in [0.2, 0.25) is 0 Å². The van der Waals surface area contributed by atoms with Gasteiger partial charge in [0.1, 0.15) is 11.2 Å². The van der Waals surface area contributed by atoms with Crippen LogP contribution in [0.3, 0.4) is 0 Å². The largest absolute Gasteiger partial charge is 0.455 e. The van der Waals surface area contributed by atoms with E-state index in [1.54, 1.807) is 0 Å². The summed E-state index contributed by atoms with van der Waals surface area (Å²) in [6, 6.07) is 83.0. The van der Waals surface area contributed by atoms with Gasteiger partial charge in [-0.25, -0.2) is 0 Å². The Balaban J connectivity index is 1.21. The lowest BCUT2D eigenvalue weighted by Crippen LogP contribution is -2.14. The Morgan fingerprint density at radius 3 is 1.66 bits per heavy atom. The van der Waals surface area contributed by atoms with Crippen LogP contribution in [-0.2, 0) is 0 Å². The summed E-state index contributed by atoms with van der Waals surface area (Å²) < 4.78 is 9.18. The summed E-state index contributed by atoms with van der Waals surface area (Å²) in [5.74, 6) is 0. The normalized spacial score (nSPS) is 11.6. The van der Waals surface area contributed by atoms with Crippen LogP contribution in [0.1, 0.15) is 0 Å². The Bertz CT molecular complexity index is 3590. The van der Waals surface area contributed by atoms with Gasteiger partial charge in [0, 0.05) is 43.9 Å². The number of benzene rings is 10. The second-order valence-corrected chi connectivity index (χ2v) is 15.6. The van der Waals surface area contributed by atoms with E-state index in [2.05, 4.69) is 234 Å². The molecule has 0 aliphatic rings. The number of hydrogen-bond donors (Lipinski definition) is 0. The number of para-hydroxylation sites is 7. The number of fused-ring (bicyclic) bond motifs is 7. The Kier molecular flexibility index (Phi) is 8.17. The maximum atomic E-state index is 6.75. The lowest BCUT2D eigenvalue weighted by atomic mass is 9.90. The van der Waals surface area contributed by atoms with Gasteiger partial charge in [0.25, 0.3) is 0 Å². The van der Waals surface area contributed by atoms with E-state index in [1.807, 2.05) is 6.07 Å². The van der Waals surface area contributed by atoms with E-state index in [-0.39, 0.29) is 0 Å². The predicted molar refractivity (Wildman–Crippen MR) is 257 cm³/mol. The van der Waals surface area contributed by atoms with Crippen LogP contribution in [0.2, 0.25) is 0 Å². The molecule has 61 heavy (non-hydrogen) atoms. The summed E-state index contributed by atoms with van der Waals surface area (Å²) in [5, 5.41) is 7.03. The van der Waals surface area contributed by atoms with E-state index in [0.29, 0.717) is 0 Å². The number of rotatable bonds is 7. The molecular weight excluding hydrogens is 741 g/mol. The van der Waals surface area contributed by atoms with Crippen molar-refractivity contribution >= 4 is 71.6 Å². The first kappa shape index (κ1) is 34.9. The SMILES string of the molecule is c1ccc(-c2cccc3cccc(-c4ccccc4N(c4ccccc4-c4cccc5c4oc4ccccc45)c4cccc5c6ccccc6n(-c6ccccc6)c45)c23)cc1. The van der Waals surface area contributed by atoms with Gasteiger partial charge in [-0.2, -0.15) is 0 Å². The van der Waals surface area contributed by atoms with Gasteiger partial charge in [-0.15, -0.1) is 0 Å². The first-order chi connectivity index (χ1) is 30.3. The number of nitrogens with zero attached hydrogens (tertiary/aromatic N) is 2. The Morgan fingerprint density at radius 2 is 0.869 bits per heavy atom. The summed E-state index contributed by atoms with van der Waals surface area (Å²) >= 11 is 0. The highest BCUT2D eigenvalue weighted by molar-refractivity contribution is 6.17. The van der Waals surface area contributed by atoms with Crippen LogP contribution in [0.4, 0.5) is 17.1 Å². The first-order valence-corrected chi connectivity index (χ1v) is 20.9. The molecule has 12 rings (SSSR count). The van der Waals surface area contributed by atoms with Gasteiger partial charge in [-0.05, 0) is 69.9 Å². The summed E-state index contributed by atoms with van der Waals surface area (Å²) in [4.78, 5) is 2.50. The van der Waals surface area contributed by atoms with E-state index in [1.165, 1.54) is 38.2 Å². The highest BCUT2D eigenvalue weighted by Crippen LogP contribution is 2.51. The van der Waals surface area contributed by atoms with Gasteiger partial charge in [-0.1, -0.05) is 188 Å². The third kappa shape index (κ3) is 5.59. The molecule has 3 nitrogen and oxygen atoms in total. The lowest BCUT2D eigenvalue weighted by molar-refractivity contribution is 0.670. The first-order valence-electron chi connectivity index (χ1n) is 20.9. The Hall–Kier alpha value is -8.14. The zero-order valence-electron chi connectivity index (χ0n) is 33.2. The smallest absolute Gasteiger partial charge is 0.143 e. The van der Waals surface area contributed by atoms with Crippen molar-refractivity contribution in [1.29, 1.82) is 0 Å². The van der Waals surface area contributed by atoms with Crippen LogP contribution in [0.25, 0.3) is 93.6 Å². The molecule has 0 atom stereocenters. The van der Waals surface area contributed by atoms with Gasteiger partial charge in [0.15, 0.2) is 0 Å². The molecule has 0 N–H and O–H groups in total. The average Bonchev–Trinajstić information content (AvgIpc) is 3.89. The van der Waals surface area contributed by atoms with Crippen molar-refractivity contribution in [2.45, 2.75) is 0 Å². The molecule has 0 fully saturated rings. The Morgan fingerprint density at radius 1 is 0.344 bits per heavy atom. The predicted octanol–water partition coefficient (Wildman–Crippen LogP) is 16.3. The minimum atomic E-state index is 0.877.